The van der Waals surface area contributed by atoms with E-state index in [0.29, 0.717) is 18.8 Å². The highest BCUT2D eigenvalue weighted by molar-refractivity contribution is 7.09. The molecule has 3 heterocycles. The predicted octanol–water partition coefficient (Wildman–Crippen LogP) is 3.48. The SMILES string of the molecule is Cc1cc(C(=O)N(Cc2ccco2)Cc2cccs2)on1. The predicted molar refractivity (Wildman–Crippen MR) is 77.8 cm³/mol. The minimum atomic E-state index is -0.194. The number of hydrogen-bond donors (Lipinski definition) is 0. The Morgan fingerprint density at radius 1 is 1.33 bits per heavy atom. The van der Waals surface area contributed by atoms with E-state index in [4.69, 9.17) is 8.94 Å². The van der Waals surface area contributed by atoms with E-state index in [1.807, 2.05) is 29.6 Å². The van der Waals surface area contributed by atoms with Gasteiger partial charge in [-0.15, -0.1) is 11.3 Å². The highest BCUT2D eigenvalue weighted by atomic mass is 32.1. The number of furan rings is 1. The first-order valence-corrected chi connectivity index (χ1v) is 7.37. The lowest BCUT2D eigenvalue weighted by atomic mass is 10.3. The zero-order valence-corrected chi connectivity index (χ0v) is 12.3. The molecule has 5 nitrogen and oxygen atoms in total. The Balaban J connectivity index is 1.82. The molecule has 6 heteroatoms. The molecule has 108 valence electrons. The molecule has 0 spiro atoms. The maximum atomic E-state index is 12.6. The van der Waals surface area contributed by atoms with Crippen LogP contribution in [0.2, 0.25) is 0 Å². The molecule has 3 rings (SSSR count). The summed E-state index contributed by atoms with van der Waals surface area (Å²) >= 11 is 1.61. The molecule has 0 aliphatic rings. The normalized spacial score (nSPS) is 10.7. The molecule has 0 N–H and O–H groups in total. The first-order chi connectivity index (χ1) is 10.2. The summed E-state index contributed by atoms with van der Waals surface area (Å²) in [6.45, 7) is 2.69. The van der Waals surface area contributed by atoms with Crippen LogP contribution in [0, 0.1) is 6.92 Å². The summed E-state index contributed by atoms with van der Waals surface area (Å²) in [6, 6.07) is 9.26. The molecule has 0 bridgehead atoms. The van der Waals surface area contributed by atoms with Gasteiger partial charge in [0.15, 0.2) is 0 Å². The van der Waals surface area contributed by atoms with Crippen molar-refractivity contribution in [1.29, 1.82) is 0 Å². The fraction of sp³-hybridized carbons (Fsp3) is 0.200. The summed E-state index contributed by atoms with van der Waals surface area (Å²) in [6.07, 6.45) is 1.60. The molecule has 21 heavy (non-hydrogen) atoms. The van der Waals surface area contributed by atoms with Crippen LogP contribution in [-0.4, -0.2) is 16.0 Å². The number of nitrogens with zero attached hydrogens (tertiary/aromatic N) is 2. The maximum absolute atomic E-state index is 12.6. The third-order valence-corrected chi connectivity index (χ3v) is 3.84. The molecule has 1 amide bonds. The van der Waals surface area contributed by atoms with Crippen LogP contribution in [0.5, 0.6) is 0 Å². The van der Waals surface area contributed by atoms with Gasteiger partial charge in [-0.2, -0.15) is 0 Å². The van der Waals surface area contributed by atoms with Crippen molar-refractivity contribution in [2.45, 2.75) is 20.0 Å². The van der Waals surface area contributed by atoms with Crippen LogP contribution in [0.15, 0.2) is 50.9 Å². The number of carbonyl (C=O) groups is 1. The van der Waals surface area contributed by atoms with Gasteiger partial charge < -0.3 is 13.8 Å². The van der Waals surface area contributed by atoms with Crippen molar-refractivity contribution in [2.75, 3.05) is 0 Å². The van der Waals surface area contributed by atoms with Gasteiger partial charge in [-0.05, 0) is 30.5 Å². The van der Waals surface area contributed by atoms with E-state index in [1.165, 1.54) is 0 Å². The van der Waals surface area contributed by atoms with Crippen LogP contribution in [0.25, 0.3) is 0 Å². The maximum Gasteiger partial charge on any atom is 0.293 e. The van der Waals surface area contributed by atoms with E-state index < -0.39 is 0 Å². The summed E-state index contributed by atoms with van der Waals surface area (Å²) in [7, 11) is 0. The third-order valence-electron chi connectivity index (χ3n) is 2.98. The van der Waals surface area contributed by atoms with Crippen molar-refractivity contribution >= 4 is 17.2 Å². The molecule has 3 aromatic heterocycles. The molecular formula is C15H14N2O3S. The molecule has 0 saturated heterocycles. The van der Waals surface area contributed by atoms with Crippen LogP contribution in [-0.2, 0) is 13.1 Å². The molecule has 3 aromatic rings. The zero-order chi connectivity index (χ0) is 14.7. The van der Waals surface area contributed by atoms with Gasteiger partial charge in [0.05, 0.1) is 25.0 Å². The van der Waals surface area contributed by atoms with E-state index in [2.05, 4.69) is 5.16 Å². The summed E-state index contributed by atoms with van der Waals surface area (Å²) in [4.78, 5) is 15.4. The first-order valence-electron chi connectivity index (χ1n) is 6.50. The molecule has 0 fully saturated rings. The summed E-state index contributed by atoms with van der Waals surface area (Å²) in [5.74, 6) is 0.784. The fourth-order valence-corrected chi connectivity index (χ4v) is 2.72. The minimum Gasteiger partial charge on any atom is -0.467 e. The van der Waals surface area contributed by atoms with Crippen LogP contribution >= 0.6 is 11.3 Å². The van der Waals surface area contributed by atoms with Gasteiger partial charge in [0, 0.05) is 10.9 Å². The second kappa shape index (κ2) is 5.97. The quantitative estimate of drug-likeness (QED) is 0.724. The van der Waals surface area contributed by atoms with Crippen molar-refractivity contribution in [3.05, 3.63) is 64.1 Å². The van der Waals surface area contributed by atoms with Crippen molar-refractivity contribution in [1.82, 2.24) is 10.1 Å². The van der Waals surface area contributed by atoms with E-state index >= 15 is 0 Å². The highest BCUT2D eigenvalue weighted by Crippen LogP contribution is 2.17. The summed E-state index contributed by atoms with van der Waals surface area (Å²) in [5, 5.41) is 5.76. The number of aryl methyl sites for hydroxylation is 1. The van der Waals surface area contributed by atoms with Crippen molar-refractivity contribution in [3.8, 4) is 0 Å². The standard InChI is InChI=1S/C15H14N2O3S/c1-11-8-14(20-16-11)15(18)17(9-12-4-2-6-19-12)10-13-5-3-7-21-13/h2-8H,9-10H2,1H3. The first kappa shape index (κ1) is 13.6. The Labute approximate surface area is 125 Å². The van der Waals surface area contributed by atoms with Gasteiger partial charge in [0.25, 0.3) is 5.91 Å². The third kappa shape index (κ3) is 3.22. The molecule has 0 atom stereocenters. The number of carbonyl (C=O) groups excluding carboxylic acids is 1. The molecule has 0 aliphatic heterocycles. The Morgan fingerprint density at radius 2 is 2.24 bits per heavy atom. The minimum absolute atomic E-state index is 0.194. The van der Waals surface area contributed by atoms with Crippen LogP contribution in [0.1, 0.15) is 26.9 Å². The molecular weight excluding hydrogens is 288 g/mol. The number of amides is 1. The average Bonchev–Trinajstić information content (AvgIpc) is 3.19. The van der Waals surface area contributed by atoms with Crippen molar-refractivity contribution in [3.63, 3.8) is 0 Å². The molecule has 0 aliphatic carbocycles. The number of aromatic nitrogens is 1. The van der Waals surface area contributed by atoms with E-state index in [9.17, 15) is 4.79 Å². The Morgan fingerprint density at radius 3 is 2.86 bits per heavy atom. The van der Waals surface area contributed by atoms with E-state index in [0.717, 1.165) is 10.6 Å². The molecule has 0 aromatic carbocycles. The van der Waals surface area contributed by atoms with Gasteiger partial charge in [0.1, 0.15) is 5.76 Å². The van der Waals surface area contributed by atoms with Crippen LogP contribution in [0.4, 0.5) is 0 Å². The fourth-order valence-electron chi connectivity index (χ4n) is 2.00. The Kier molecular flexibility index (Phi) is 3.87. The monoisotopic (exact) mass is 302 g/mol. The molecule has 0 radical (unpaired) electrons. The largest absolute Gasteiger partial charge is 0.467 e. The Bertz CT molecular complexity index is 665. The van der Waals surface area contributed by atoms with Crippen molar-refractivity contribution in [2.24, 2.45) is 0 Å². The van der Waals surface area contributed by atoms with Gasteiger partial charge in [-0.3, -0.25) is 4.79 Å². The average molecular weight is 302 g/mol. The van der Waals surface area contributed by atoms with Crippen molar-refractivity contribution < 1.29 is 13.7 Å². The summed E-state index contributed by atoms with van der Waals surface area (Å²) in [5.41, 5.74) is 0.687. The second-order valence-corrected chi connectivity index (χ2v) is 5.68. The molecule has 0 saturated carbocycles. The van der Waals surface area contributed by atoms with Crippen LogP contribution < -0.4 is 0 Å². The summed E-state index contributed by atoms with van der Waals surface area (Å²) < 4.78 is 10.4. The van der Waals surface area contributed by atoms with E-state index in [-0.39, 0.29) is 11.7 Å². The lowest BCUT2D eigenvalue weighted by molar-refractivity contribution is 0.0677. The number of hydrogen-bond acceptors (Lipinski definition) is 5. The highest BCUT2D eigenvalue weighted by Gasteiger charge is 2.21. The van der Waals surface area contributed by atoms with Crippen LogP contribution in [0.3, 0.4) is 0 Å². The van der Waals surface area contributed by atoms with Gasteiger partial charge in [-0.1, -0.05) is 11.2 Å². The zero-order valence-electron chi connectivity index (χ0n) is 11.5. The van der Waals surface area contributed by atoms with Gasteiger partial charge in [-0.25, -0.2) is 0 Å². The number of thiophene rings is 1. The second-order valence-electron chi connectivity index (χ2n) is 4.65. The Hall–Kier alpha value is -2.34. The lowest BCUT2D eigenvalue weighted by Crippen LogP contribution is -2.29. The molecule has 0 unspecified atom stereocenters. The van der Waals surface area contributed by atoms with Gasteiger partial charge in [0.2, 0.25) is 5.76 Å². The van der Waals surface area contributed by atoms with Gasteiger partial charge >= 0.3 is 0 Å². The smallest absolute Gasteiger partial charge is 0.293 e. The number of rotatable bonds is 5. The topological polar surface area (TPSA) is 59.5 Å². The lowest BCUT2D eigenvalue weighted by Gasteiger charge is -2.19. The van der Waals surface area contributed by atoms with E-state index in [1.54, 1.807) is 35.5 Å².